The Bertz CT molecular complexity index is 1300. The van der Waals surface area contributed by atoms with Crippen molar-refractivity contribution in [1.29, 1.82) is 0 Å². The van der Waals surface area contributed by atoms with Crippen molar-refractivity contribution in [2.45, 2.75) is 78.2 Å². The van der Waals surface area contributed by atoms with Crippen LogP contribution in [0.3, 0.4) is 0 Å². The molecule has 0 radical (unpaired) electrons. The highest BCUT2D eigenvalue weighted by Gasteiger charge is 2.38. The van der Waals surface area contributed by atoms with Crippen LogP contribution in [-0.2, 0) is 45.0 Å². The first-order valence-corrected chi connectivity index (χ1v) is 14.0. The van der Waals surface area contributed by atoms with Crippen molar-refractivity contribution in [3.63, 3.8) is 0 Å². The van der Waals surface area contributed by atoms with Gasteiger partial charge in [-0.05, 0) is 63.8 Å². The van der Waals surface area contributed by atoms with Gasteiger partial charge in [-0.3, -0.25) is 9.59 Å². The predicted molar refractivity (Wildman–Crippen MR) is 146 cm³/mol. The first kappa shape index (κ1) is 31.2. The van der Waals surface area contributed by atoms with Gasteiger partial charge in [0, 0.05) is 32.3 Å². The van der Waals surface area contributed by atoms with Crippen molar-refractivity contribution in [3.8, 4) is 5.75 Å². The minimum atomic E-state index is -4.59. The van der Waals surface area contributed by atoms with Crippen molar-refractivity contribution in [3.05, 3.63) is 41.2 Å². The van der Waals surface area contributed by atoms with Crippen LogP contribution in [-0.4, -0.2) is 70.5 Å². The van der Waals surface area contributed by atoms with E-state index in [9.17, 15) is 27.6 Å². The smallest absolute Gasteiger partial charge is 0.417 e. The molecule has 2 aromatic rings. The molecule has 0 aliphatic carbocycles. The molecule has 1 atom stereocenters. The average molecular weight is 595 g/mol. The number of carbonyl (C=O) groups excluding carboxylic acids is 3. The first-order chi connectivity index (χ1) is 19.7. The molecule has 0 bridgehead atoms. The Morgan fingerprint density at radius 1 is 1.12 bits per heavy atom. The van der Waals surface area contributed by atoms with Crippen molar-refractivity contribution in [1.82, 2.24) is 14.5 Å². The van der Waals surface area contributed by atoms with E-state index in [1.165, 1.54) is 4.90 Å². The van der Waals surface area contributed by atoms with Gasteiger partial charge in [0.15, 0.2) is 0 Å². The Labute approximate surface area is 242 Å². The number of aromatic nitrogens is 2. The van der Waals surface area contributed by atoms with Crippen LogP contribution in [0.4, 0.5) is 23.9 Å². The lowest BCUT2D eigenvalue weighted by Crippen LogP contribution is -2.41. The number of aryl methyl sites for hydroxylation is 1. The third-order valence-corrected chi connectivity index (χ3v) is 6.82. The van der Waals surface area contributed by atoms with Crippen LogP contribution in [0.25, 0.3) is 0 Å². The van der Waals surface area contributed by atoms with Gasteiger partial charge >= 0.3 is 18.2 Å². The van der Waals surface area contributed by atoms with E-state index in [4.69, 9.17) is 14.2 Å². The number of carbonyl (C=O) groups is 3. The fourth-order valence-corrected chi connectivity index (χ4v) is 5.09. The van der Waals surface area contributed by atoms with Crippen LogP contribution in [0.5, 0.6) is 5.75 Å². The van der Waals surface area contributed by atoms with E-state index < -0.39 is 42.2 Å². The van der Waals surface area contributed by atoms with Gasteiger partial charge in [-0.25, -0.2) is 14.7 Å². The Kier molecular flexibility index (Phi) is 9.37. The molecule has 2 amide bonds. The van der Waals surface area contributed by atoms with Crippen LogP contribution in [0.2, 0.25) is 0 Å². The third-order valence-electron chi connectivity index (χ3n) is 6.82. The van der Waals surface area contributed by atoms with E-state index >= 15 is 0 Å². The third kappa shape index (κ3) is 8.16. The van der Waals surface area contributed by atoms with Crippen LogP contribution in [0.1, 0.15) is 57.4 Å². The lowest BCUT2D eigenvalue weighted by atomic mass is 9.94. The Morgan fingerprint density at radius 3 is 2.57 bits per heavy atom. The van der Waals surface area contributed by atoms with Crippen LogP contribution < -0.4 is 9.64 Å². The zero-order valence-corrected chi connectivity index (χ0v) is 24.3. The summed E-state index contributed by atoms with van der Waals surface area (Å²) >= 11 is 0. The summed E-state index contributed by atoms with van der Waals surface area (Å²) in [6, 6.07) is 5.06. The standard InChI is InChI=1S/C29H37F3N4O6/c1-5-40-24(37)15-20-13-19-7-8-23(14-21(19)16-35(25(20)38)18-29(30,31)32)41-12-9-22-17-34-10-6-11-36(26(34)33-22)27(39)42-28(2,3)4/h7-8,14,17,20H,5-6,9-13,15-16,18H2,1-4H3/t20-/m0/s1. The van der Waals surface area contributed by atoms with Gasteiger partial charge < -0.3 is 23.7 Å². The van der Waals surface area contributed by atoms with E-state index in [1.807, 2.05) is 10.8 Å². The van der Waals surface area contributed by atoms with Crippen LogP contribution in [0, 0.1) is 5.92 Å². The van der Waals surface area contributed by atoms with Crippen molar-refractivity contribution in [2.24, 2.45) is 5.92 Å². The highest BCUT2D eigenvalue weighted by Crippen LogP contribution is 2.31. The molecule has 42 heavy (non-hydrogen) atoms. The fraction of sp³-hybridized carbons (Fsp3) is 0.586. The highest BCUT2D eigenvalue weighted by atomic mass is 19.4. The number of fused-ring (bicyclic) bond motifs is 2. The van der Waals surface area contributed by atoms with Crippen LogP contribution >= 0.6 is 0 Å². The number of hydrogen-bond acceptors (Lipinski definition) is 7. The molecule has 0 unspecified atom stereocenters. The number of imidazole rings is 1. The minimum absolute atomic E-state index is 0.118. The van der Waals surface area contributed by atoms with Gasteiger partial charge in [-0.1, -0.05) is 6.07 Å². The molecular weight excluding hydrogens is 557 g/mol. The van der Waals surface area contributed by atoms with Gasteiger partial charge in [0.05, 0.1) is 31.2 Å². The quantitative estimate of drug-likeness (QED) is 0.410. The second kappa shape index (κ2) is 12.6. The molecule has 230 valence electrons. The zero-order valence-electron chi connectivity index (χ0n) is 24.3. The lowest BCUT2D eigenvalue weighted by molar-refractivity contribution is -0.165. The summed E-state index contributed by atoms with van der Waals surface area (Å²) in [6.45, 7) is 6.95. The number of halogens is 3. The highest BCUT2D eigenvalue weighted by molar-refractivity contribution is 5.86. The summed E-state index contributed by atoms with van der Waals surface area (Å²) in [5.41, 5.74) is 1.30. The summed E-state index contributed by atoms with van der Waals surface area (Å²) in [5.74, 6) is -1.35. The Morgan fingerprint density at radius 2 is 1.88 bits per heavy atom. The topological polar surface area (TPSA) is 103 Å². The molecule has 3 heterocycles. The molecular formula is C29H37F3N4O6. The monoisotopic (exact) mass is 594 g/mol. The van der Waals surface area contributed by atoms with E-state index in [1.54, 1.807) is 45.9 Å². The number of nitrogens with zero attached hydrogens (tertiary/aromatic N) is 4. The zero-order chi connectivity index (χ0) is 30.7. The summed E-state index contributed by atoms with van der Waals surface area (Å²) < 4.78 is 58.2. The largest absolute Gasteiger partial charge is 0.493 e. The van der Waals surface area contributed by atoms with Gasteiger partial charge in [0.25, 0.3) is 0 Å². The van der Waals surface area contributed by atoms with E-state index in [0.29, 0.717) is 35.8 Å². The summed E-state index contributed by atoms with van der Waals surface area (Å²) in [7, 11) is 0. The van der Waals surface area contributed by atoms with E-state index in [-0.39, 0.29) is 32.6 Å². The van der Waals surface area contributed by atoms with Gasteiger partial charge in [0.1, 0.15) is 17.9 Å². The molecule has 4 rings (SSSR count). The maximum Gasteiger partial charge on any atom is 0.417 e. The van der Waals surface area contributed by atoms with E-state index in [2.05, 4.69) is 4.98 Å². The van der Waals surface area contributed by atoms with Crippen molar-refractivity contribution >= 4 is 23.9 Å². The minimum Gasteiger partial charge on any atom is -0.493 e. The normalized spacial score (nSPS) is 17.3. The SMILES string of the molecule is CCOC(=O)C[C@@H]1Cc2ccc(OCCc3cn4c(n3)N(C(=O)OC(C)(C)C)CCC4)cc2CN(CC(F)(F)F)C1=O. The van der Waals surface area contributed by atoms with Gasteiger partial charge in [-0.15, -0.1) is 0 Å². The van der Waals surface area contributed by atoms with Crippen molar-refractivity contribution in [2.75, 3.05) is 31.2 Å². The predicted octanol–water partition coefficient (Wildman–Crippen LogP) is 4.67. The molecule has 0 fully saturated rings. The maximum absolute atomic E-state index is 13.3. The number of anilines is 1. The molecule has 1 aromatic heterocycles. The van der Waals surface area contributed by atoms with E-state index in [0.717, 1.165) is 23.6 Å². The number of rotatable bonds is 8. The summed E-state index contributed by atoms with van der Waals surface area (Å²) in [6.07, 6.45) is -2.15. The molecule has 0 spiro atoms. The number of esters is 1. The fourth-order valence-electron chi connectivity index (χ4n) is 5.09. The molecule has 10 nitrogen and oxygen atoms in total. The second-order valence-electron chi connectivity index (χ2n) is 11.5. The molecule has 2 aliphatic rings. The van der Waals surface area contributed by atoms with Crippen molar-refractivity contribution < 1.29 is 41.8 Å². The Hall–Kier alpha value is -3.77. The summed E-state index contributed by atoms with van der Waals surface area (Å²) in [5, 5.41) is 0. The summed E-state index contributed by atoms with van der Waals surface area (Å²) in [4.78, 5) is 44.6. The average Bonchev–Trinajstić information content (AvgIpc) is 3.25. The van der Waals surface area contributed by atoms with Crippen LogP contribution in [0.15, 0.2) is 24.4 Å². The number of ether oxygens (including phenoxy) is 3. The Balaban J connectivity index is 1.44. The van der Waals surface area contributed by atoms with Gasteiger partial charge in [-0.2, -0.15) is 13.2 Å². The molecule has 2 aliphatic heterocycles. The number of alkyl halides is 3. The maximum atomic E-state index is 13.3. The number of benzene rings is 1. The lowest BCUT2D eigenvalue weighted by Gasteiger charge is -2.29. The molecule has 13 heteroatoms. The number of amides is 2. The molecule has 0 saturated carbocycles. The second-order valence-corrected chi connectivity index (χ2v) is 11.5. The molecule has 0 N–H and O–H groups in total. The first-order valence-electron chi connectivity index (χ1n) is 14.0. The number of hydrogen-bond donors (Lipinski definition) is 0. The van der Waals surface area contributed by atoms with Gasteiger partial charge in [0.2, 0.25) is 11.9 Å². The molecule has 1 aromatic carbocycles. The molecule has 0 saturated heterocycles.